The molecule has 35 heavy (non-hydrogen) atoms. The standard InChI is InChI=1S/C26H39N5O4/c1-18-16-31(22-7-5-20(15-27-22)21-6-8-23(32)28-24(21)33)14-13-30(18)17-19-9-11-29(12-10-19)25(34)35-26(2,3)4/h5,7,15,18-19,21H,6,8-14,16-17H2,1-4H3,(H,28,32,33)/t18-,21+/m0/s1. The highest BCUT2D eigenvalue weighted by atomic mass is 16.6. The molecule has 3 saturated heterocycles. The summed E-state index contributed by atoms with van der Waals surface area (Å²) in [6.45, 7) is 13.3. The Morgan fingerprint density at radius 2 is 1.86 bits per heavy atom. The number of pyridine rings is 1. The number of piperazine rings is 1. The molecule has 192 valence electrons. The van der Waals surface area contributed by atoms with Crippen LogP contribution in [-0.4, -0.2) is 83.6 Å². The third-order valence-electron chi connectivity index (χ3n) is 7.26. The van der Waals surface area contributed by atoms with Crippen molar-refractivity contribution in [2.24, 2.45) is 5.92 Å². The summed E-state index contributed by atoms with van der Waals surface area (Å²) in [5, 5.41) is 2.42. The minimum Gasteiger partial charge on any atom is -0.444 e. The van der Waals surface area contributed by atoms with Crippen LogP contribution in [0.4, 0.5) is 10.6 Å². The lowest BCUT2D eigenvalue weighted by Crippen LogP contribution is -2.54. The van der Waals surface area contributed by atoms with E-state index in [0.717, 1.165) is 63.5 Å². The fourth-order valence-electron chi connectivity index (χ4n) is 5.23. The summed E-state index contributed by atoms with van der Waals surface area (Å²) >= 11 is 0. The lowest BCUT2D eigenvalue weighted by Gasteiger charge is -2.43. The van der Waals surface area contributed by atoms with E-state index in [1.54, 1.807) is 6.20 Å². The second-order valence-electron chi connectivity index (χ2n) is 11.2. The molecule has 0 spiro atoms. The fourth-order valence-corrected chi connectivity index (χ4v) is 5.23. The van der Waals surface area contributed by atoms with E-state index in [1.807, 2.05) is 37.8 Å². The van der Waals surface area contributed by atoms with Gasteiger partial charge in [0.05, 0.1) is 5.92 Å². The van der Waals surface area contributed by atoms with Crippen LogP contribution in [0.25, 0.3) is 0 Å². The number of rotatable bonds is 4. The van der Waals surface area contributed by atoms with E-state index < -0.39 is 5.60 Å². The topological polar surface area (TPSA) is 95.1 Å². The maximum atomic E-state index is 12.3. The zero-order valence-corrected chi connectivity index (χ0v) is 21.5. The quantitative estimate of drug-likeness (QED) is 0.655. The SMILES string of the molecule is C[C@H]1CN(c2ccc([C@H]3CCC(=O)NC3=O)cn2)CCN1CC1CCN(C(=O)OC(C)(C)C)CC1. The molecule has 9 nitrogen and oxygen atoms in total. The molecule has 9 heteroatoms. The second kappa shape index (κ2) is 10.5. The minimum atomic E-state index is -0.455. The van der Waals surface area contributed by atoms with Crippen molar-refractivity contribution in [3.8, 4) is 0 Å². The zero-order chi connectivity index (χ0) is 25.2. The summed E-state index contributed by atoms with van der Waals surface area (Å²) in [4.78, 5) is 47.2. The van der Waals surface area contributed by atoms with Gasteiger partial charge in [0, 0.05) is 57.9 Å². The lowest BCUT2D eigenvalue weighted by molar-refractivity contribution is -0.134. The summed E-state index contributed by atoms with van der Waals surface area (Å²) in [5.41, 5.74) is 0.409. The molecule has 0 bridgehead atoms. The highest BCUT2D eigenvalue weighted by Crippen LogP contribution is 2.27. The Morgan fingerprint density at radius 3 is 2.46 bits per heavy atom. The highest BCUT2D eigenvalue weighted by Gasteiger charge is 2.31. The number of carbonyl (C=O) groups excluding carboxylic acids is 3. The zero-order valence-electron chi connectivity index (χ0n) is 21.5. The predicted octanol–water partition coefficient (Wildman–Crippen LogP) is 2.76. The van der Waals surface area contributed by atoms with Crippen LogP contribution in [0.3, 0.4) is 0 Å². The number of piperidine rings is 2. The number of imide groups is 1. The summed E-state index contributed by atoms with van der Waals surface area (Å²) in [7, 11) is 0. The number of aromatic nitrogens is 1. The number of nitrogens with one attached hydrogen (secondary N) is 1. The molecule has 1 aromatic heterocycles. The minimum absolute atomic E-state index is 0.198. The van der Waals surface area contributed by atoms with Gasteiger partial charge < -0.3 is 14.5 Å². The highest BCUT2D eigenvalue weighted by molar-refractivity contribution is 6.00. The number of nitrogens with zero attached hydrogens (tertiary/aromatic N) is 4. The van der Waals surface area contributed by atoms with Gasteiger partial charge in [0.2, 0.25) is 11.8 Å². The van der Waals surface area contributed by atoms with Gasteiger partial charge in [0.1, 0.15) is 11.4 Å². The number of amides is 3. The van der Waals surface area contributed by atoms with Crippen molar-refractivity contribution < 1.29 is 19.1 Å². The van der Waals surface area contributed by atoms with E-state index in [0.29, 0.717) is 24.8 Å². The first-order chi connectivity index (χ1) is 16.6. The number of likely N-dealkylation sites (tertiary alicyclic amines) is 1. The molecule has 1 aromatic rings. The molecule has 4 heterocycles. The molecule has 3 fully saturated rings. The van der Waals surface area contributed by atoms with Crippen LogP contribution in [0.5, 0.6) is 0 Å². The maximum Gasteiger partial charge on any atom is 0.410 e. The number of anilines is 1. The van der Waals surface area contributed by atoms with Gasteiger partial charge in [-0.25, -0.2) is 9.78 Å². The van der Waals surface area contributed by atoms with Crippen molar-refractivity contribution in [3.63, 3.8) is 0 Å². The van der Waals surface area contributed by atoms with E-state index >= 15 is 0 Å². The predicted molar refractivity (Wildman–Crippen MR) is 133 cm³/mol. The molecular formula is C26H39N5O4. The maximum absolute atomic E-state index is 12.3. The monoisotopic (exact) mass is 485 g/mol. The third-order valence-corrected chi connectivity index (χ3v) is 7.26. The Hall–Kier alpha value is -2.68. The summed E-state index contributed by atoms with van der Waals surface area (Å²) in [5.74, 6) is 0.796. The van der Waals surface area contributed by atoms with Gasteiger partial charge in [-0.3, -0.25) is 19.8 Å². The Kier molecular flexibility index (Phi) is 7.64. The van der Waals surface area contributed by atoms with E-state index in [2.05, 4.69) is 27.0 Å². The largest absolute Gasteiger partial charge is 0.444 e. The molecule has 0 aromatic carbocycles. The van der Waals surface area contributed by atoms with E-state index in [1.165, 1.54) is 0 Å². The van der Waals surface area contributed by atoms with Crippen LogP contribution in [0.2, 0.25) is 0 Å². The molecule has 4 rings (SSSR count). The van der Waals surface area contributed by atoms with Crippen molar-refractivity contribution in [1.29, 1.82) is 0 Å². The Balaban J connectivity index is 1.24. The number of ether oxygens (including phenoxy) is 1. The first-order valence-corrected chi connectivity index (χ1v) is 12.9. The molecule has 0 saturated carbocycles. The Labute approximate surface area is 208 Å². The van der Waals surface area contributed by atoms with Crippen molar-refractivity contribution in [2.75, 3.05) is 44.2 Å². The first-order valence-electron chi connectivity index (χ1n) is 12.9. The lowest BCUT2D eigenvalue weighted by atomic mass is 9.92. The van der Waals surface area contributed by atoms with Crippen molar-refractivity contribution >= 4 is 23.7 Å². The molecule has 0 unspecified atom stereocenters. The second-order valence-corrected chi connectivity index (χ2v) is 11.2. The number of hydrogen-bond donors (Lipinski definition) is 1. The molecule has 0 radical (unpaired) electrons. The normalized spacial score (nSPS) is 24.9. The van der Waals surface area contributed by atoms with Gasteiger partial charge in [-0.2, -0.15) is 0 Å². The van der Waals surface area contributed by atoms with Crippen LogP contribution in [0, 0.1) is 5.92 Å². The van der Waals surface area contributed by atoms with E-state index in [9.17, 15) is 14.4 Å². The van der Waals surface area contributed by atoms with Gasteiger partial charge >= 0.3 is 6.09 Å². The van der Waals surface area contributed by atoms with Gasteiger partial charge in [-0.15, -0.1) is 0 Å². The molecule has 1 N–H and O–H groups in total. The van der Waals surface area contributed by atoms with Crippen LogP contribution >= 0.6 is 0 Å². The van der Waals surface area contributed by atoms with Crippen molar-refractivity contribution in [2.45, 2.75) is 70.9 Å². The number of hydrogen-bond acceptors (Lipinski definition) is 7. The van der Waals surface area contributed by atoms with E-state index in [4.69, 9.17) is 4.74 Å². The molecule has 3 aliphatic rings. The summed E-state index contributed by atoms with van der Waals surface area (Å²) in [6, 6.07) is 4.37. The molecule has 3 amide bonds. The van der Waals surface area contributed by atoms with Gasteiger partial charge in [-0.05, 0) is 64.5 Å². The van der Waals surface area contributed by atoms with Gasteiger partial charge in [0.25, 0.3) is 0 Å². The van der Waals surface area contributed by atoms with Crippen LogP contribution in [-0.2, 0) is 14.3 Å². The molecular weight excluding hydrogens is 446 g/mol. The smallest absolute Gasteiger partial charge is 0.410 e. The van der Waals surface area contributed by atoms with Crippen LogP contribution in [0.15, 0.2) is 18.3 Å². The molecule has 3 aliphatic heterocycles. The summed E-state index contributed by atoms with van der Waals surface area (Å²) in [6.07, 6.45) is 4.51. The van der Waals surface area contributed by atoms with Crippen molar-refractivity contribution in [3.05, 3.63) is 23.9 Å². The van der Waals surface area contributed by atoms with E-state index in [-0.39, 0.29) is 23.8 Å². The molecule has 0 aliphatic carbocycles. The average molecular weight is 486 g/mol. The molecule has 2 atom stereocenters. The number of carbonyl (C=O) groups is 3. The first kappa shape index (κ1) is 25.4. The Bertz CT molecular complexity index is 921. The van der Waals surface area contributed by atoms with Crippen molar-refractivity contribution in [1.82, 2.24) is 20.1 Å². The fraction of sp³-hybridized carbons (Fsp3) is 0.692. The van der Waals surface area contributed by atoms with Gasteiger partial charge in [-0.1, -0.05) is 6.07 Å². The average Bonchev–Trinajstić information content (AvgIpc) is 2.80. The van der Waals surface area contributed by atoms with Crippen LogP contribution in [0.1, 0.15) is 64.9 Å². The summed E-state index contributed by atoms with van der Waals surface area (Å²) < 4.78 is 5.52. The van der Waals surface area contributed by atoms with Crippen LogP contribution < -0.4 is 10.2 Å². The third kappa shape index (κ3) is 6.51. The van der Waals surface area contributed by atoms with Gasteiger partial charge in [0.15, 0.2) is 0 Å². The Morgan fingerprint density at radius 1 is 1.11 bits per heavy atom.